The molecule has 0 saturated carbocycles. The van der Waals surface area contributed by atoms with Crippen molar-refractivity contribution in [2.45, 2.75) is 32.7 Å². The lowest BCUT2D eigenvalue weighted by molar-refractivity contribution is 0.564. The van der Waals surface area contributed by atoms with Crippen LogP contribution in [0.5, 0.6) is 0 Å². The molecule has 104 valence electrons. The summed E-state index contributed by atoms with van der Waals surface area (Å²) in [5.41, 5.74) is 7.27. The van der Waals surface area contributed by atoms with Gasteiger partial charge in [-0.3, -0.25) is 0 Å². The van der Waals surface area contributed by atoms with E-state index < -0.39 is 0 Å². The maximum Gasteiger partial charge on any atom is 0.222 e. The molecular formula is C14H17N5O. The molecule has 0 bridgehead atoms. The Bertz CT molecular complexity index is 702. The van der Waals surface area contributed by atoms with E-state index in [1.54, 1.807) is 12.5 Å². The molecular weight excluding hydrogens is 254 g/mol. The van der Waals surface area contributed by atoms with Crippen LogP contribution in [0.2, 0.25) is 0 Å². The number of aryl methyl sites for hydroxylation is 1. The van der Waals surface area contributed by atoms with E-state index >= 15 is 0 Å². The van der Waals surface area contributed by atoms with Crippen LogP contribution in [0.3, 0.4) is 0 Å². The van der Waals surface area contributed by atoms with Crippen LogP contribution >= 0.6 is 0 Å². The molecule has 6 heteroatoms. The summed E-state index contributed by atoms with van der Waals surface area (Å²) < 4.78 is 7.29. The number of fused-ring (bicyclic) bond motifs is 1. The normalized spacial score (nSPS) is 11.2. The third-order valence-electron chi connectivity index (χ3n) is 3.24. The highest BCUT2D eigenvalue weighted by atomic mass is 16.3. The Labute approximate surface area is 116 Å². The summed E-state index contributed by atoms with van der Waals surface area (Å²) in [5, 5.41) is 5.26. The Kier molecular flexibility index (Phi) is 3.37. The molecule has 0 spiro atoms. The Balaban J connectivity index is 2.05. The Hall–Kier alpha value is -2.37. The van der Waals surface area contributed by atoms with Crippen LogP contribution < -0.4 is 5.73 Å². The second kappa shape index (κ2) is 5.32. The number of rotatable bonds is 5. The first-order valence-electron chi connectivity index (χ1n) is 6.82. The van der Waals surface area contributed by atoms with Crippen LogP contribution in [0.1, 0.15) is 26.2 Å². The lowest BCUT2D eigenvalue weighted by Gasteiger charge is -2.04. The highest BCUT2D eigenvalue weighted by Crippen LogP contribution is 2.27. The second-order valence-corrected chi connectivity index (χ2v) is 4.72. The van der Waals surface area contributed by atoms with Crippen LogP contribution in [0.25, 0.3) is 22.5 Å². The molecule has 3 aromatic rings. The lowest BCUT2D eigenvalue weighted by Crippen LogP contribution is -2.04. The van der Waals surface area contributed by atoms with Crippen molar-refractivity contribution in [2.24, 2.45) is 0 Å². The first-order chi connectivity index (χ1) is 9.79. The molecule has 0 aliphatic carbocycles. The maximum absolute atomic E-state index is 5.81. The molecule has 0 unspecified atom stereocenters. The highest BCUT2D eigenvalue weighted by molar-refractivity contribution is 5.89. The van der Waals surface area contributed by atoms with Gasteiger partial charge >= 0.3 is 0 Å². The average molecular weight is 271 g/mol. The van der Waals surface area contributed by atoms with Crippen LogP contribution in [-0.4, -0.2) is 19.7 Å². The minimum atomic E-state index is 0.237. The maximum atomic E-state index is 5.81. The number of anilines is 1. The van der Waals surface area contributed by atoms with Crippen LogP contribution in [-0.2, 0) is 6.54 Å². The molecule has 3 heterocycles. The summed E-state index contributed by atoms with van der Waals surface area (Å²) in [6.07, 6.45) is 6.82. The van der Waals surface area contributed by atoms with Crippen molar-refractivity contribution in [1.29, 1.82) is 0 Å². The van der Waals surface area contributed by atoms with E-state index in [-0.39, 0.29) is 5.95 Å². The summed E-state index contributed by atoms with van der Waals surface area (Å²) in [6.45, 7) is 3.02. The SMILES string of the molecule is CCCCCn1ncc2c(-c3ccco3)nc(N)nc21. The third-order valence-corrected chi connectivity index (χ3v) is 3.24. The van der Waals surface area contributed by atoms with Gasteiger partial charge in [-0.1, -0.05) is 19.8 Å². The van der Waals surface area contributed by atoms with E-state index in [4.69, 9.17) is 10.2 Å². The monoisotopic (exact) mass is 271 g/mol. The number of furan rings is 1. The Morgan fingerprint density at radius 2 is 2.20 bits per heavy atom. The Morgan fingerprint density at radius 1 is 1.30 bits per heavy atom. The number of hydrogen-bond donors (Lipinski definition) is 1. The first kappa shape index (κ1) is 12.7. The zero-order valence-electron chi connectivity index (χ0n) is 11.4. The molecule has 3 aromatic heterocycles. The summed E-state index contributed by atoms with van der Waals surface area (Å²) >= 11 is 0. The molecule has 0 aliphatic rings. The van der Waals surface area contributed by atoms with E-state index in [1.807, 2.05) is 16.8 Å². The molecule has 0 atom stereocenters. The van der Waals surface area contributed by atoms with Gasteiger partial charge in [0.05, 0.1) is 17.8 Å². The summed E-state index contributed by atoms with van der Waals surface area (Å²) in [4.78, 5) is 8.58. The fraction of sp³-hybridized carbons (Fsp3) is 0.357. The zero-order valence-corrected chi connectivity index (χ0v) is 11.4. The topological polar surface area (TPSA) is 82.8 Å². The molecule has 0 saturated heterocycles. The minimum Gasteiger partial charge on any atom is -0.463 e. The minimum absolute atomic E-state index is 0.237. The number of unbranched alkanes of at least 4 members (excludes halogenated alkanes) is 2. The third kappa shape index (κ3) is 2.24. The standard InChI is InChI=1S/C14H17N5O/c1-2-3-4-7-19-13-10(9-16-19)12(17-14(15)18-13)11-6-5-8-20-11/h5-6,8-9H,2-4,7H2,1H3,(H2,15,17,18). The van der Waals surface area contributed by atoms with Crippen LogP contribution in [0, 0.1) is 0 Å². The fourth-order valence-electron chi connectivity index (χ4n) is 2.25. The number of nitrogens with two attached hydrogens (primary N) is 1. The molecule has 0 fully saturated rings. The number of nitrogens with zero attached hydrogens (tertiary/aromatic N) is 4. The van der Waals surface area contributed by atoms with E-state index in [0.29, 0.717) is 11.5 Å². The first-order valence-corrected chi connectivity index (χ1v) is 6.82. The average Bonchev–Trinajstić information content (AvgIpc) is 3.08. The summed E-state index contributed by atoms with van der Waals surface area (Å²) in [5.74, 6) is 0.915. The molecule has 0 aromatic carbocycles. The van der Waals surface area contributed by atoms with E-state index in [9.17, 15) is 0 Å². The van der Waals surface area contributed by atoms with Crippen molar-refractivity contribution in [3.05, 3.63) is 24.6 Å². The van der Waals surface area contributed by atoms with E-state index in [0.717, 1.165) is 24.0 Å². The van der Waals surface area contributed by atoms with Gasteiger partial charge in [0.1, 0.15) is 5.69 Å². The number of nitrogen functional groups attached to an aromatic ring is 1. The van der Waals surface area contributed by atoms with Crippen molar-refractivity contribution in [2.75, 3.05) is 5.73 Å². The van der Waals surface area contributed by atoms with E-state index in [2.05, 4.69) is 22.0 Å². The smallest absolute Gasteiger partial charge is 0.222 e. The fourth-order valence-corrected chi connectivity index (χ4v) is 2.25. The lowest BCUT2D eigenvalue weighted by atomic mass is 10.2. The molecule has 2 N–H and O–H groups in total. The molecule has 3 rings (SSSR count). The second-order valence-electron chi connectivity index (χ2n) is 4.72. The van der Waals surface area contributed by atoms with Gasteiger partial charge in [0.2, 0.25) is 5.95 Å². The molecule has 0 amide bonds. The predicted octanol–water partition coefficient (Wildman–Crippen LogP) is 2.86. The summed E-state index contributed by atoms with van der Waals surface area (Å²) in [7, 11) is 0. The molecule has 20 heavy (non-hydrogen) atoms. The number of hydrogen-bond acceptors (Lipinski definition) is 5. The van der Waals surface area contributed by atoms with Crippen molar-refractivity contribution >= 4 is 17.0 Å². The number of aromatic nitrogens is 4. The van der Waals surface area contributed by atoms with Gasteiger partial charge in [0, 0.05) is 6.54 Å². The van der Waals surface area contributed by atoms with E-state index in [1.165, 1.54) is 12.8 Å². The van der Waals surface area contributed by atoms with Gasteiger partial charge in [-0.15, -0.1) is 0 Å². The van der Waals surface area contributed by atoms with Crippen molar-refractivity contribution in [3.63, 3.8) is 0 Å². The van der Waals surface area contributed by atoms with Gasteiger partial charge in [-0.05, 0) is 18.6 Å². The van der Waals surface area contributed by atoms with Crippen molar-refractivity contribution in [3.8, 4) is 11.5 Å². The van der Waals surface area contributed by atoms with Crippen LogP contribution in [0.4, 0.5) is 5.95 Å². The van der Waals surface area contributed by atoms with Gasteiger partial charge in [-0.25, -0.2) is 9.67 Å². The molecule has 0 aliphatic heterocycles. The molecule has 0 radical (unpaired) electrons. The van der Waals surface area contributed by atoms with Gasteiger partial charge in [0.25, 0.3) is 0 Å². The Morgan fingerprint density at radius 3 is 2.95 bits per heavy atom. The predicted molar refractivity (Wildman–Crippen MR) is 77.0 cm³/mol. The highest BCUT2D eigenvalue weighted by Gasteiger charge is 2.14. The van der Waals surface area contributed by atoms with Gasteiger partial charge in [-0.2, -0.15) is 10.1 Å². The molecule has 6 nitrogen and oxygen atoms in total. The zero-order chi connectivity index (χ0) is 13.9. The largest absolute Gasteiger partial charge is 0.463 e. The van der Waals surface area contributed by atoms with Crippen LogP contribution in [0.15, 0.2) is 29.0 Å². The van der Waals surface area contributed by atoms with Gasteiger partial charge < -0.3 is 10.2 Å². The summed E-state index contributed by atoms with van der Waals surface area (Å²) in [6, 6.07) is 3.68. The van der Waals surface area contributed by atoms with Crippen molar-refractivity contribution < 1.29 is 4.42 Å². The van der Waals surface area contributed by atoms with Gasteiger partial charge in [0.15, 0.2) is 11.4 Å². The van der Waals surface area contributed by atoms with Crippen molar-refractivity contribution in [1.82, 2.24) is 19.7 Å². The quantitative estimate of drug-likeness (QED) is 0.721.